The van der Waals surface area contributed by atoms with E-state index >= 15 is 0 Å². The van der Waals surface area contributed by atoms with Crippen LogP contribution in [0, 0.1) is 4.91 Å². The number of nitrogens with zero attached hydrogens (tertiary/aromatic N) is 1. The average molecular weight is 225 g/mol. The average Bonchev–Trinajstić information content (AvgIpc) is 2.41. The third kappa shape index (κ3) is 3.25. The topological polar surface area (TPSA) is 29.4 Å². The zero-order valence-electron chi connectivity index (χ0n) is 9.67. The molecule has 0 spiro atoms. The van der Waals surface area contributed by atoms with Crippen molar-refractivity contribution in [1.82, 2.24) is 0 Å². The normalized spacial score (nSPS) is 10.1. The van der Waals surface area contributed by atoms with Gasteiger partial charge in [-0.1, -0.05) is 59.8 Å². The lowest BCUT2D eigenvalue weighted by atomic mass is 10.0. The van der Waals surface area contributed by atoms with Crippen molar-refractivity contribution >= 4 is 0 Å². The van der Waals surface area contributed by atoms with Crippen LogP contribution >= 0.6 is 0 Å². The Balaban J connectivity index is 2.05. The minimum absolute atomic E-state index is 0.403. The van der Waals surface area contributed by atoms with E-state index in [9.17, 15) is 4.91 Å². The minimum Gasteiger partial charge on any atom is -0.151 e. The molecule has 0 aliphatic rings. The first-order valence-corrected chi connectivity index (χ1v) is 5.83. The van der Waals surface area contributed by atoms with Gasteiger partial charge in [-0.2, -0.15) is 4.91 Å². The van der Waals surface area contributed by atoms with E-state index in [-0.39, 0.29) is 0 Å². The maximum absolute atomic E-state index is 9.98. The Labute approximate surface area is 101 Å². The fraction of sp³-hybridized carbons (Fsp3) is 0.200. The monoisotopic (exact) mass is 225 g/mol. The van der Waals surface area contributed by atoms with Crippen LogP contribution in [-0.4, -0.2) is 6.54 Å². The molecule has 0 amide bonds. The second kappa shape index (κ2) is 5.94. The highest BCUT2D eigenvalue weighted by Crippen LogP contribution is 2.19. The van der Waals surface area contributed by atoms with Crippen LogP contribution in [0.2, 0.25) is 0 Å². The number of aryl methyl sites for hydroxylation is 1. The van der Waals surface area contributed by atoms with Crippen molar-refractivity contribution in [3.63, 3.8) is 0 Å². The van der Waals surface area contributed by atoms with Crippen molar-refractivity contribution in [3.05, 3.63) is 65.1 Å². The largest absolute Gasteiger partial charge is 0.151 e. The van der Waals surface area contributed by atoms with E-state index in [0.717, 1.165) is 12.8 Å². The fourth-order valence-corrected chi connectivity index (χ4v) is 1.84. The molecule has 0 N–H and O–H groups in total. The summed E-state index contributed by atoms with van der Waals surface area (Å²) in [5.41, 5.74) is 3.71. The molecule has 0 aliphatic heterocycles. The Morgan fingerprint density at radius 3 is 2.12 bits per heavy atom. The Bertz CT molecular complexity index is 462. The summed E-state index contributed by atoms with van der Waals surface area (Å²) in [6, 6.07) is 18.8. The standard InChI is InChI=1S/C15H15NO/c17-16-12-4-5-13-8-10-15(11-9-13)14-6-2-1-3-7-14/h1-3,6-11H,4-5,12H2. The van der Waals surface area contributed by atoms with Gasteiger partial charge in [0.05, 0.1) is 6.54 Å². The van der Waals surface area contributed by atoms with Gasteiger partial charge in [-0.25, -0.2) is 0 Å². The third-order valence-electron chi connectivity index (χ3n) is 2.78. The van der Waals surface area contributed by atoms with Gasteiger partial charge in [0, 0.05) is 0 Å². The van der Waals surface area contributed by atoms with Gasteiger partial charge in [0.1, 0.15) is 0 Å². The van der Waals surface area contributed by atoms with E-state index in [2.05, 4.69) is 41.6 Å². The van der Waals surface area contributed by atoms with Crippen LogP contribution in [0.1, 0.15) is 12.0 Å². The molecule has 0 bridgehead atoms. The van der Waals surface area contributed by atoms with E-state index in [4.69, 9.17) is 0 Å². The first-order chi connectivity index (χ1) is 8.40. The predicted octanol–water partition coefficient (Wildman–Crippen LogP) is 4.05. The summed E-state index contributed by atoms with van der Waals surface area (Å²) in [5.74, 6) is 0. The van der Waals surface area contributed by atoms with Crippen LogP contribution in [0.5, 0.6) is 0 Å². The number of hydrogen-bond acceptors (Lipinski definition) is 2. The smallest absolute Gasteiger partial charge is 0.0814 e. The molecule has 2 aromatic rings. The van der Waals surface area contributed by atoms with E-state index < -0.39 is 0 Å². The predicted molar refractivity (Wildman–Crippen MR) is 70.9 cm³/mol. The summed E-state index contributed by atoms with van der Waals surface area (Å²) >= 11 is 0. The number of hydrogen-bond donors (Lipinski definition) is 0. The lowest BCUT2D eigenvalue weighted by Gasteiger charge is -2.03. The van der Waals surface area contributed by atoms with Gasteiger partial charge in [-0.3, -0.25) is 0 Å². The van der Waals surface area contributed by atoms with Crippen LogP contribution in [0.4, 0.5) is 0 Å². The Kier molecular flexibility index (Phi) is 4.03. The third-order valence-corrected chi connectivity index (χ3v) is 2.78. The summed E-state index contributed by atoms with van der Waals surface area (Å²) in [6.45, 7) is 0.403. The highest BCUT2D eigenvalue weighted by atomic mass is 16.3. The summed E-state index contributed by atoms with van der Waals surface area (Å²) in [7, 11) is 0. The van der Waals surface area contributed by atoms with Gasteiger partial charge >= 0.3 is 0 Å². The molecule has 2 rings (SSSR count). The molecule has 0 unspecified atom stereocenters. The van der Waals surface area contributed by atoms with Crippen LogP contribution in [0.25, 0.3) is 11.1 Å². The second-order valence-electron chi connectivity index (χ2n) is 4.02. The summed E-state index contributed by atoms with van der Waals surface area (Å²) in [4.78, 5) is 9.98. The molecule has 2 nitrogen and oxygen atoms in total. The molecule has 0 aliphatic carbocycles. The van der Waals surface area contributed by atoms with Crippen LogP contribution in [0.3, 0.4) is 0 Å². The van der Waals surface area contributed by atoms with Gasteiger partial charge < -0.3 is 0 Å². The fourth-order valence-electron chi connectivity index (χ4n) is 1.84. The second-order valence-corrected chi connectivity index (χ2v) is 4.02. The van der Waals surface area contributed by atoms with Crippen molar-refractivity contribution < 1.29 is 0 Å². The molecule has 0 saturated heterocycles. The van der Waals surface area contributed by atoms with Crippen molar-refractivity contribution in [3.8, 4) is 11.1 Å². The molecule has 0 heterocycles. The van der Waals surface area contributed by atoms with Crippen LogP contribution in [-0.2, 0) is 6.42 Å². The van der Waals surface area contributed by atoms with Crippen molar-refractivity contribution in [1.29, 1.82) is 0 Å². The lowest BCUT2D eigenvalue weighted by Crippen LogP contribution is -1.88. The highest BCUT2D eigenvalue weighted by Gasteiger charge is 1.97. The number of nitroso groups, excluding NO2 is 1. The highest BCUT2D eigenvalue weighted by molar-refractivity contribution is 5.63. The Morgan fingerprint density at radius 1 is 0.824 bits per heavy atom. The Morgan fingerprint density at radius 2 is 1.47 bits per heavy atom. The molecule has 86 valence electrons. The maximum Gasteiger partial charge on any atom is 0.0814 e. The van der Waals surface area contributed by atoms with E-state index in [1.54, 1.807) is 0 Å². The van der Waals surface area contributed by atoms with Gasteiger partial charge in [0.15, 0.2) is 0 Å². The van der Waals surface area contributed by atoms with E-state index in [1.165, 1.54) is 16.7 Å². The molecule has 0 saturated carbocycles. The Hall–Kier alpha value is -1.96. The molecule has 0 radical (unpaired) electrons. The minimum atomic E-state index is 0.403. The van der Waals surface area contributed by atoms with Gasteiger partial charge in [0.2, 0.25) is 0 Å². The summed E-state index contributed by atoms with van der Waals surface area (Å²) in [5, 5.41) is 2.87. The number of benzene rings is 2. The first kappa shape index (κ1) is 11.5. The van der Waals surface area contributed by atoms with Crippen LogP contribution in [0.15, 0.2) is 59.8 Å². The SMILES string of the molecule is O=NCCCc1ccc(-c2ccccc2)cc1. The summed E-state index contributed by atoms with van der Waals surface area (Å²) in [6.07, 6.45) is 1.75. The van der Waals surface area contributed by atoms with E-state index in [0.29, 0.717) is 6.54 Å². The molecule has 2 heteroatoms. The van der Waals surface area contributed by atoms with Gasteiger partial charge in [-0.15, -0.1) is 0 Å². The van der Waals surface area contributed by atoms with Crippen molar-refractivity contribution in [2.75, 3.05) is 6.54 Å². The molecular formula is C15H15NO. The quantitative estimate of drug-likeness (QED) is 0.557. The van der Waals surface area contributed by atoms with Gasteiger partial charge in [-0.05, 0) is 29.5 Å². The first-order valence-electron chi connectivity index (χ1n) is 5.83. The number of rotatable bonds is 5. The van der Waals surface area contributed by atoms with E-state index in [1.807, 2.05) is 18.2 Å². The van der Waals surface area contributed by atoms with Gasteiger partial charge in [0.25, 0.3) is 0 Å². The zero-order valence-corrected chi connectivity index (χ0v) is 9.67. The van der Waals surface area contributed by atoms with Crippen molar-refractivity contribution in [2.45, 2.75) is 12.8 Å². The van der Waals surface area contributed by atoms with Crippen LogP contribution < -0.4 is 0 Å². The molecule has 0 aromatic heterocycles. The lowest BCUT2D eigenvalue weighted by molar-refractivity contribution is 0.829. The maximum atomic E-state index is 9.98. The summed E-state index contributed by atoms with van der Waals surface area (Å²) < 4.78 is 0. The van der Waals surface area contributed by atoms with Crippen molar-refractivity contribution in [2.24, 2.45) is 5.18 Å². The molecule has 17 heavy (non-hydrogen) atoms. The molecule has 0 fully saturated rings. The zero-order chi connectivity index (χ0) is 11.9. The molecular weight excluding hydrogens is 210 g/mol. The molecule has 0 atom stereocenters. The molecule has 2 aromatic carbocycles.